The predicted octanol–water partition coefficient (Wildman–Crippen LogP) is 3.05. The Hall–Kier alpha value is -1.46. The molecule has 1 heterocycles. The maximum Gasteiger partial charge on any atom is 0.267 e. The molecule has 0 spiro atoms. The second-order valence-corrected chi connectivity index (χ2v) is 7.94. The van der Waals surface area contributed by atoms with Crippen LogP contribution >= 0.6 is 0 Å². The van der Waals surface area contributed by atoms with Crippen LogP contribution in [0.5, 0.6) is 0 Å². The van der Waals surface area contributed by atoms with Crippen LogP contribution in [0.4, 0.5) is 0 Å². The topological polar surface area (TPSA) is 68.5 Å². The van der Waals surface area contributed by atoms with E-state index in [-0.39, 0.29) is 0 Å². The Labute approximate surface area is 151 Å². The van der Waals surface area contributed by atoms with Crippen molar-refractivity contribution in [2.24, 2.45) is 23.5 Å². The van der Waals surface area contributed by atoms with E-state index < -0.39 is 11.5 Å². The highest BCUT2D eigenvalue weighted by molar-refractivity contribution is 5.90. The van der Waals surface area contributed by atoms with Gasteiger partial charge in [0.15, 0.2) is 0 Å². The first-order valence-corrected chi connectivity index (χ1v) is 9.31. The molecule has 0 saturated heterocycles. The zero-order valence-corrected chi connectivity index (χ0v) is 16.3. The number of carbonyl (C=O) groups is 1. The highest BCUT2D eigenvalue weighted by Crippen LogP contribution is 2.48. The molecule has 1 saturated carbocycles. The summed E-state index contributed by atoms with van der Waals surface area (Å²) in [4.78, 5) is 18.1. The van der Waals surface area contributed by atoms with Crippen LogP contribution in [0.2, 0.25) is 0 Å². The average molecular weight is 348 g/mol. The summed E-state index contributed by atoms with van der Waals surface area (Å²) in [5.41, 5.74) is 6.37. The molecule has 5 heteroatoms. The molecule has 1 aliphatic rings. The summed E-state index contributed by atoms with van der Waals surface area (Å²) in [5, 5.41) is 0. The van der Waals surface area contributed by atoms with Gasteiger partial charge in [0.2, 0.25) is 0 Å². The van der Waals surface area contributed by atoms with Crippen molar-refractivity contribution in [1.29, 1.82) is 0 Å². The number of nitrogens with zero attached hydrogens (tertiary/aromatic N) is 2. The van der Waals surface area contributed by atoms with Gasteiger partial charge in [-0.2, -0.15) is 0 Å². The van der Waals surface area contributed by atoms with E-state index in [0.29, 0.717) is 23.4 Å². The Morgan fingerprint density at radius 2 is 2.20 bits per heavy atom. The fourth-order valence-electron chi connectivity index (χ4n) is 4.62. The van der Waals surface area contributed by atoms with Crippen LogP contribution in [0.3, 0.4) is 0 Å². The summed E-state index contributed by atoms with van der Waals surface area (Å²) in [6, 6.07) is 3.80. The summed E-state index contributed by atoms with van der Waals surface area (Å²) in [6.07, 6.45) is 5.12. The number of pyridine rings is 1. The van der Waals surface area contributed by atoms with Gasteiger partial charge in [-0.05, 0) is 49.4 Å². The maximum atomic E-state index is 11.6. The van der Waals surface area contributed by atoms with Crippen LogP contribution in [-0.4, -0.2) is 43.0 Å². The minimum atomic E-state index is -0.495. The lowest BCUT2D eigenvalue weighted by Gasteiger charge is -2.49. The number of rotatable bonds is 7. The first-order chi connectivity index (χ1) is 11.8. The highest BCUT2D eigenvalue weighted by atomic mass is 16.5. The van der Waals surface area contributed by atoms with Crippen molar-refractivity contribution in [1.82, 2.24) is 9.88 Å². The number of amides is 1. The third-order valence-electron chi connectivity index (χ3n) is 5.54. The minimum absolute atomic E-state index is 0.306. The van der Waals surface area contributed by atoms with E-state index in [4.69, 9.17) is 10.5 Å². The predicted molar refractivity (Wildman–Crippen MR) is 100 cm³/mol. The molecule has 3 atom stereocenters. The van der Waals surface area contributed by atoms with Gasteiger partial charge in [-0.1, -0.05) is 27.2 Å². The number of methoxy groups -OCH3 is 1. The Balaban J connectivity index is 2.40. The molecule has 1 aromatic rings. The Bertz CT molecular complexity index is 590. The zero-order valence-electron chi connectivity index (χ0n) is 16.3. The van der Waals surface area contributed by atoms with Crippen molar-refractivity contribution in [2.45, 2.75) is 45.6 Å². The molecular formula is C20H33N3O2. The third-order valence-corrected chi connectivity index (χ3v) is 5.54. The van der Waals surface area contributed by atoms with Gasteiger partial charge in [-0.3, -0.25) is 9.78 Å². The van der Waals surface area contributed by atoms with Crippen molar-refractivity contribution < 1.29 is 9.53 Å². The number of ether oxygens (including phenoxy) is 1. The second kappa shape index (κ2) is 8.28. The maximum absolute atomic E-state index is 11.6. The van der Waals surface area contributed by atoms with Crippen LogP contribution in [0.15, 0.2) is 18.3 Å². The largest absolute Gasteiger partial charge is 0.373 e. The van der Waals surface area contributed by atoms with Gasteiger partial charge in [-0.25, -0.2) is 0 Å². The molecule has 2 N–H and O–H groups in total. The molecular weight excluding hydrogens is 314 g/mol. The first kappa shape index (κ1) is 19.9. The smallest absolute Gasteiger partial charge is 0.267 e. The zero-order chi connectivity index (χ0) is 18.6. The molecule has 0 aliphatic heterocycles. The van der Waals surface area contributed by atoms with Gasteiger partial charge in [-0.15, -0.1) is 0 Å². The summed E-state index contributed by atoms with van der Waals surface area (Å²) in [6.45, 7) is 8.78. The monoisotopic (exact) mass is 347 g/mol. The highest BCUT2D eigenvalue weighted by Gasteiger charge is 2.47. The van der Waals surface area contributed by atoms with Crippen LogP contribution in [-0.2, 0) is 10.3 Å². The van der Waals surface area contributed by atoms with Crippen LogP contribution in [0, 0.1) is 17.8 Å². The summed E-state index contributed by atoms with van der Waals surface area (Å²) < 4.78 is 6.22. The normalized spacial score (nSPS) is 27.0. The lowest BCUT2D eigenvalue weighted by Crippen LogP contribution is -2.50. The Kier molecular flexibility index (Phi) is 6.58. The standard InChI is InChI=1S/C20H33N3O2/c1-14(2)12-23(4)13-17-8-6-7-15(3)20(17,25-5)16-9-10-22-18(11-16)19(21)24/h9-11,14-15,17H,6-8,12-13H2,1-5H3,(H2,21,24). The molecule has 0 radical (unpaired) electrons. The number of primary amides is 1. The second-order valence-electron chi connectivity index (χ2n) is 7.94. The molecule has 1 fully saturated rings. The van der Waals surface area contributed by atoms with Crippen molar-refractivity contribution in [3.05, 3.63) is 29.6 Å². The minimum Gasteiger partial charge on any atom is -0.373 e. The summed E-state index contributed by atoms with van der Waals surface area (Å²) in [5.74, 6) is 0.871. The molecule has 0 bridgehead atoms. The number of hydrogen-bond acceptors (Lipinski definition) is 4. The Morgan fingerprint density at radius 3 is 2.80 bits per heavy atom. The van der Waals surface area contributed by atoms with E-state index in [2.05, 4.69) is 37.7 Å². The fraction of sp³-hybridized carbons (Fsp3) is 0.700. The van der Waals surface area contributed by atoms with E-state index in [1.54, 1.807) is 13.3 Å². The number of aromatic nitrogens is 1. The number of nitrogens with two attached hydrogens (primary N) is 1. The molecule has 25 heavy (non-hydrogen) atoms. The molecule has 2 rings (SSSR count). The van der Waals surface area contributed by atoms with E-state index in [0.717, 1.165) is 31.5 Å². The lowest BCUT2D eigenvalue weighted by atomic mass is 9.65. The van der Waals surface area contributed by atoms with Gasteiger partial charge >= 0.3 is 0 Å². The van der Waals surface area contributed by atoms with Crippen molar-refractivity contribution in [2.75, 3.05) is 27.2 Å². The fourth-order valence-corrected chi connectivity index (χ4v) is 4.62. The molecule has 1 aromatic heterocycles. The molecule has 1 amide bonds. The van der Waals surface area contributed by atoms with Gasteiger partial charge < -0.3 is 15.4 Å². The van der Waals surface area contributed by atoms with Crippen LogP contribution in [0.25, 0.3) is 0 Å². The summed E-state index contributed by atoms with van der Waals surface area (Å²) >= 11 is 0. The molecule has 5 nitrogen and oxygen atoms in total. The summed E-state index contributed by atoms with van der Waals surface area (Å²) in [7, 11) is 3.97. The van der Waals surface area contributed by atoms with Gasteiger partial charge in [0.05, 0.1) is 5.60 Å². The van der Waals surface area contributed by atoms with Crippen molar-refractivity contribution in [3.63, 3.8) is 0 Å². The van der Waals surface area contributed by atoms with E-state index in [9.17, 15) is 4.79 Å². The third kappa shape index (κ3) is 4.21. The molecule has 140 valence electrons. The van der Waals surface area contributed by atoms with E-state index >= 15 is 0 Å². The lowest BCUT2D eigenvalue weighted by molar-refractivity contribution is -0.132. The number of carbonyl (C=O) groups excluding carboxylic acids is 1. The van der Waals surface area contributed by atoms with Gasteiger partial charge in [0.25, 0.3) is 5.91 Å². The first-order valence-electron chi connectivity index (χ1n) is 9.31. The van der Waals surface area contributed by atoms with Crippen molar-refractivity contribution in [3.8, 4) is 0 Å². The van der Waals surface area contributed by atoms with Crippen molar-refractivity contribution >= 4 is 5.91 Å². The van der Waals surface area contributed by atoms with Gasteiger partial charge in [0, 0.05) is 32.3 Å². The van der Waals surface area contributed by atoms with Crippen LogP contribution in [0.1, 0.15) is 56.1 Å². The average Bonchev–Trinajstić information content (AvgIpc) is 2.55. The molecule has 1 aliphatic carbocycles. The Morgan fingerprint density at radius 1 is 1.48 bits per heavy atom. The van der Waals surface area contributed by atoms with E-state index in [1.165, 1.54) is 6.42 Å². The number of hydrogen-bond donors (Lipinski definition) is 1. The van der Waals surface area contributed by atoms with Gasteiger partial charge in [0.1, 0.15) is 5.69 Å². The molecule has 3 unspecified atom stereocenters. The quantitative estimate of drug-likeness (QED) is 0.823. The SMILES string of the molecule is COC1(c2ccnc(C(N)=O)c2)C(C)CCCC1CN(C)CC(C)C. The van der Waals surface area contributed by atoms with Crippen LogP contribution < -0.4 is 5.73 Å². The van der Waals surface area contributed by atoms with E-state index in [1.807, 2.05) is 12.1 Å². The molecule has 0 aromatic carbocycles.